The maximum atomic E-state index is 12.7. The summed E-state index contributed by atoms with van der Waals surface area (Å²) in [6, 6.07) is 5.34. The Hall–Kier alpha value is -1.59. The first-order chi connectivity index (χ1) is 12.5. The molecule has 142 valence electrons. The Balaban J connectivity index is 1.55. The zero-order valence-corrected chi connectivity index (χ0v) is 16.5. The molecule has 0 bridgehead atoms. The van der Waals surface area contributed by atoms with E-state index in [1.807, 2.05) is 35.8 Å². The van der Waals surface area contributed by atoms with Gasteiger partial charge in [-0.1, -0.05) is 17.7 Å². The molecule has 0 aromatic heterocycles. The van der Waals surface area contributed by atoms with E-state index >= 15 is 0 Å². The second-order valence-corrected chi connectivity index (χ2v) is 7.76. The average Bonchev–Trinajstić information content (AvgIpc) is 2.69. The first-order valence-corrected chi connectivity index (χ1v) is 9.93. The molecule has 2 saturated heterocycles. The molecule has 0 saturated carbocycles. The summed E-state index contributed by atoms with van der Waals surface area (Å²) >= 11 is 6.15. The maximum Gasteiger partial charge on any atom is 0.253 e. The summed E-state index contributed by atoms with van der Waals surface area (Å²) in [6.07, 6.45) is 3.45. The fraction of sp³-hybridized carbons (Fsp3) is 0.600. The van der Waals surface area contributed by atoms with Crippen LogP contribution in [0.3, 0.4) is 0 Å². The molecule has 0 unspecified atom stereocenters. The first kappa shape index (κ1) is 19.2. The van der Waals surface area contributed by atoms with Gasteiger partial charge in [-0.15, -0.1) is 0 Å². The van der Waals surface area contributed by atoms with E-state index in [0.717, 1.165) is 44.6 Å². The van der Waals surface area contributed by atoms with Crippen LogP contribution in [-0.4, -0.2) is 71.8 Å². The third kappa shape index (κ3) is 4.21. The summed E-state index contributed by atoms with van der Waals surface area (Å²) in [5.41, 5.74) is 1.60. The number of carbonyl (C=O) groups excluding carboxylic acids is 2. The van der Waals surface area contributed by atoms with Crippen LogP contribution in [0.1, 0.15) is 42.1 Å². The number of piperidine rings is 1. The standard InChI is InChI=1S/C20H28ClN3O2/c1-15-6-7-17(14-18(15)21)20(26)24-12-10-22(11-13-24)16(2)19(25)23-8-4-3-5-9-23/h6-7,14,16H,3-5,8-13H2,1-2H3/t16-/m1/s1. The van der Waals surface area contributed by atoms with Gasteiger partial charge in [0.25, 0.3) is 5.91 Å². The third-order valence-corrected chi connectivity index (χ3v) is 6.00. The summed E-state index contributed by atoms with van der Waals surface area (Å²) < 4.78 is 0. The molecule has 1 atom stereocenters. The molecule has 2 aliphatic heterocycles. The molecular weight excluding hydrogens is 350 g/mol. The van der Waals surface area contributed by atoms with Gasteiger partial charge in [0, 0.05) is 49.9 Å². The Morgan fingerprint density at radius 1 is 0.962 bits per heavy atom. The van der Waals surface area contributed by atoms with E-state index in [2.05, 4.69) is 4.90 Å². The van der Waals surface area contributed by atoms with Crippen molar-refractivity contribution in [1.29, 1.82) is 0 Å². The molecule has 2 heterocycles. The lowest BCUT2D eigenvalue weighted by Crippen LogP contribution is -2.56. The first-order valence-electron chi connectivity index (χ1n) is 9.55. The number of piperazine rings is 1. The molecule has 0 aliphatic carbocycles. The third-order valence-electron chi connectivity index (χ3n) is 5.59. The van der Waals surface area contributed by atoms with E-state index in [0.29, 0.717) is 23.7 Å². The number of rotatable bonds is 3. The van der Waals surface area contributed by atoms with E-state index < -0.39 is 0 Å². The zero-order chi connectivity index (χ0) is 18.7. The van der Waals surface area contributed by atoms with Crippen molar-refractivity contribution in [3.63, 3.8) is 0 Å². The molecule has 26 heavy (non-hydrogen) atoms. The highest BCUT2D eigenvalue weighted by atomic mass is 35.5. The number of halogens is 1. The second-order valence-electron chi connectivity index (χ2n) is 7.35. The lowest BCUT2D eigenvalue weighted by Gasteiger charge is -2.39. The van der Waals surface area contributed by atoms with Gasteiger partial charge >= 0.3 is 0 Å². The molecule has 2 fully saturated rings. The molecular formula is C20H28ClN3O2. The van der Waals surface area contributed by atoms with Gasteiger partial charge < -0.3 is 9.80 Å². The van der Waals surface area contributed by atoms with Gasteiger partial charge in [-0.05, 0) is 50.8 Å². The second kappa shape index (κ2) is 8.40. The van der Waals surface area contributed by atoms with Gasteiger partial charge in [-0.3, -0.25) is 14.5 Å². The van der Waals surface area contributed by atoms with Crippen molar-refractivity contribution in [2.45, 2.75) is 39.2 Å². The Kier molecular flexibility index (Phi) is 6.20. The normalized spacial score (nSPS) is 20.1. The number of aryl methyl sites for hydroxylation is 1. The topological polar surface area (TPSA) is 43.9 Å². The van der Waals surface area contributed by atoms with Crippen molar-refractivity contribution < 1.29 is 9.59 Å². The highest BCUT2D eigenvalue weighted by molar-refractivity contribution is 6.31. The minimum Gasteiger partial charge on any atom is -0.341 e. The van der Waals surface area contributed by atoms with Crippen LogP contribution in [0.5, 0.6) is 0 Å². The fourth-order valence-electron chi connectivity index (χ4n) is 3.76. The Morgan fingerprint density at radius 2 is 1.62 bits per heavy atom. The number of hydrogen-bond donors (Lipinski definition) is 0. The van der Waals surface area contributed by atoms with E-state index in [9.17, 15) is 9.59 Å². The summed E-state index contributed by atoms with van der Waals surface area (Å²) in [4.78, 5) is 31.4. The Morgan fingerprint density at radius 3 is 2.23 bits per heavy atom. The Labute approximate surface area is 160 Å². The highest BCUT2D eigenvalue weighted by Gasteiger charge is 2.30. The van der Waals surface area contributed by atoms with Gasteiger partial charge in [0.15, 0.2) is 0 Å². The van der Waals surface area contributed by atoms with Crippen LogP contribution in [0.25, 0.3) is 0 Å². The van der Waals surface area contributed by atoms with Crippen LogP contribution in [0.15, 0.2) is 18.2 Å². The highest BCUT2D eigenvalue weighted by Crippen LogP contribution is 2.19. The van der Waals surface area contributed by atoms with Gasteiger partial charge in [-0.25, -0.2) is 0 Å². The lowest BCUT2D eigenvalue weighted by atomic mass is 10.1. The minimum atomic E-state index is -0.112. The van der Waals surface area contributed by atoms with Crippen molar-refractivity contribution in [2.24, 2.45) is 0 Å². The van der Waals surface area contributed by atoms with E-state index in [1.165, 1.54) is 6.42 Å². The molecule has 0 radical (unpaired) electrons. The minimum absolute atomic E-state index is 0.0153. The predicted molar refractivity (Wildman–Crippen MR) is 104 cm³/mol. The van der Waals surface area contributed by atoms with Crippen molar-refractivity contribution >= 4 is 23.4 Å². The van der Waals surface area contributed by atoms with Gasteiger partial charge in [-0.2, -0.15) is 0 Å². The quantitative estimate of drug-likeness (QED) is 0.813. The zero-order valence-electron chi connectivity index (χ0n) is 15.7. The number of hydrogen-bond acceptors (Lipinski definition) is 3. The van der Waals surface area contributed by atoms with Crippen LogP contribution in [0.4, 0.5) is 0 Å². The predicted octanol–water partition coefficient (Wildman–Crippen LogP) is 2.81. The lowest BCUT2D eigenvalue weighted by molar-refractivity contribution is -0.137. The molecule has 0 N–H and O–H groups in total. The van der Waals surface area contributed by atoms with Crippen LogP contribution in [-0.2, 0) is 4.79 Å². The van der Waals surface area contributed by atoms with Gasteiger partial charge in [0.05, 0.1) is 6.04 Å². The van der Waals surface area contributed by atoms with E-state index in [4.69, 9.17) is 11.6 Å². The molecule has 1 aromatic rings. The number of likely N-dealkylation sites (tertiary alicyclic amines) is 1. The van der Waals surface area contributed by atoms with E-state index in [-0.39, 0.29) is 17.9 Å². The van der Waals surface area contributed by atoms with Crippen molar-refractivity contribution in [2.75, 3.05) is 39.3 Å². The maximum absolute atomic E-state index is 12.7. The molecule has 5 nitrogen and oxygen atoms in total. The number of nitrogens with zero attached hydrogens (tertiary/aromatic N) is 3. The molecule has 2 amide bonds. The average molecular weight is 378 g/mol. The molecule has 0 spiro atoms. The molecule has 1 aromatic carbocycles. The number of benzene rings is 1. The summed E-state index contributed by atoms with van der Waals surface area (Å²) in [7, 11) is 0. The van der Waals surface area contributed by atoms with Crippen LogP contribution in [0.2, 0.25) is 5.02 Å². The molecule has 2 aliphatic rings. The van der Waals surface area contributed by atoms with E-state index in [1.54, 1.807) is 6.07 Å². The van der Waals surface area contributed by atoms with Crippen molar-refractivity contribution in [3.05, 3.63) is 34.3 Å². The fourth-order valence-corrected chi connectivity index (χ4v) is 3.94. The van der Waals surface area contributed by atoms with Crippen LogP contribution in [0, 0.1) is 6.92 Å². The van der Waals surface area contributed by atoms with Crippen molar-refractivity contribution in [1.82, 2.24) is 14.7 Å². The Bertz CT molecular complexity index is 665. The van der Waals surface area contributed by atoms with Gasteiger partial charge in [0.2, 0.25) is 5.91 Å². The van der Waals surface area contributed by atoms with Gasteiger partial charge in [0.1, 0.15) is 0 Å². The van der Waals surface area contributed by atoms with Crippen LogP contribution >= 0.6 is 11.6 Å². The van der Waals surface area contributed by atoms with Crippen molar-refractivity contribution in [3.8, 4) is 0 Å². The van der Waals surface area contributed by atoms with Crippen LogP contribution < -0.4 is 0 Å². The summed E-state index contributed by atoms with van der Waals surface area (Å²) in [5, 5.41) is 0.621. The largest absolute Gasteiger partial charge is 0.341 e. The monoisotopic (exact) mass is 377 g/mol. The molecule has 3 rings (SSSR count). The number of carbonyl (C=O) groups is 2. The smallest absolute Gasteiger partial charge is 0.253 e. The SMILES string of the molecule is Cc1ccc(C(=O)N2CCN([C@H](C)C(=O)N3CCCCC3)CC2)cc1Cl. The summed E-state index contributed by atoms with van der Waals surface area (Å²) in [5.74, 6) is 0.247. The number of amides is 2. The summed E-state index contributed by atoms with van der Waals surface area (Å²) in [6.45, 7) is 8.43. The molecule has 6 heteroatoms.